The van der Waals surface area contributed by atoms with Crippen LogP contribution in [0.15, 0.2) is 46.4 Å². The van der Waals surface area contributed by atoms with Crippen molar-refractivity contribution in [3.63, 3.8) is 0 Å². The van der Waals surface area contributed by atoms with Gasteiger partial charge in [-0.3, -0.25) is 9.98 Å². The van der Waals surface area contributed by atoms with Crippen LogP contribution in [0.25, 0.3) is 0 Å². The quantitative estimate of drug-likeness (QED) is 0.407. The van der Waals surface area contributed by atoms with Crippen molar-refractivity contribution in [2.75, 3.05) is 0 Å². The zero-order valence-corrected chi connectivity index (χ0v) is 24.4. The highest BCUT2D eigenvalue weighted by Crippen LogP contribution is 2.41. The summed E-state index contributed by atoms with van der Waals surface area (Å²) in [6.07, 6.45) is 0. The topological polar surface area (TPSA) is 24.7 Å². The van der Waals surface area contributed by atoms with Gasteiger partial charge in [0.05, 0.1) is 22.8 Å². The third kappa shape index (κ3) is 6.46. The summed E-state index contributed by atoms with van der Waals surface area (Å²) < 4.78 is 0. The lowest BCUT2D eigenvalue weighted by atomic mass is 9.78. The van der Waals surface area contributed by atoms with Crippen LogP contribution in [0, 0.1) is 0 Å². The van der Waals surface area contributed by atoms with E-state index in [0.717, 1.165) is 22.8 Å². The molecule has 0 N–H and O–H groups in total. The van der Waals surface area contributed by atoms with Crippen LogP contribution in [0.5, 0.6) is 0 Å². The van der Waals surface area contributed by atoms with Crippen molar-refractivity contribution in [1.29, 1.82) is 0 Å². The number of para-hydroxylation sites is 2. The Labute approximate surface area is 210 Å². The van der Waals surface area contributed by atoms with Gasteiger partial charge < -0.3 is 0 Å². The normalized spacial score (nSPS) is 14.5. The van der Waals surface area contributed by atoms with Crippen LogP contribution in [0.3, 0.4) is 0 Å². The Hall–Kier alpha value is -2.22. The van der Waals surface area contributed by atoms with Crippen LogP contribution in [0.1, 0.15) is 119 Å². The summed E-state index contributed by atoms with van der Waals surface area (Å²) in [4.78, 5) is 10.5. The number of hydrogen-bond acceptors (Lipinski definition) is 2. The summed E-state index contributed by atoms with van der Waals surface area (Å²) in [6.45, 7) is 31.4. The molecular formula is C32H48N2. The molecule has 0 aromatic heterocycles. The maximum atomic E-state index is 5.26. The van der Waals surface area contributed by atoms with Gasteiger partial charge in [0.1, 0.15) is 0 Å². The summed E-state index contributed by atoms with van der Waals surface area (Å²) in [5.41, 5.74) is 9.23. The Balaban J connectivity index is 2.79. The summed E-state index contributed by atoms with van der Waals surface area (Å²) in [5.74, 6) is 0. The number of benzene rings is 2. The molecule has 0 radical (unpaired) electrons. The average molecular weight is 461 g/mol. The third-order valence-electron chi connectivity index (χ3n) is 6.39. The lowest BCUT2D eigenvalue weighted by Gasteiger charge is -2.29. The van der Waals surface area contributed by atoms with Gasteiger partial charge in [0.2, 0.25) is 0 Å². The smallest absolute Gasteiger partial charge is 0.0708 e. The molecule has 186 valence electrons. The molecule has 0 bridgehead atoms. The van der Waals surface area contributed by atoms with Crippen molar-refractivity contribution in [1.82, 2.24) is 0 Å². The van der Waals surface area contributed by atoms with Crippen molar-refractivity contribution in [3.8, 4) is 0 Å². The van der Waals surface area contributed by atoms with Crippen LogP contribution in [-0.2, 0) is 21.7 Å². The lowest BCUT2D eigenvalue weighted by Crippen LogP contribution is -2.19. The highest BCUT2D eigenvalue weighted by Gasteiger charge is 2.27. The molecule has 0 aliphatic heterocycles. The summed E-state index contributed by atoms with van der Waals surface area (Å²) in [6, 6.07) is 13.2. The first-order valence-corrected chi connectivity index (χ1v) is 12.6. The molecule has 0 amide bonds. The molecule has 34 heavy (non-hydrogen) atoms. The van der Waals surface area contributed by atoms with Gasteiger partial charge in [0, 0.05) is 0 Å². The third-order valence-corrected chi connectivity index (χ3v) is 6.39. The first-order valence-electron chi connectivity index (χ1n) is 12.6. The summed E-state index contributed by atoms with van der Waals surface area (Å²) in [7, 11) is 0. The molecule has 2 rings (SSSR count). The fourth-order valence-electron chi connectivity index (χ4n) is 4.25. The Morgan fingerprint density at radius 1 is 0.441 bits per heavy atom. The Bertz CT molecular complexity index is 932. The number of hydrogen-bond donors (Lipinski definition) is 0. The molecular weight excluding hydrogens is 412 g/mol. The maximum Gasteiger partial charge on any atom is 0.0708 e. The van der Waals surface area contributed by atoms with Gasteiger partial charge in [-0.05, 0) is 57.8 Å². The van der Waals surface area contributed by atoms with Gasteiger partial charge in [-0.15, -0.1) is 0 Å². The van der Waals surface area contributed by atoms with Gasteiger partial charge in [-0.2, -0.15) is 0 Å². The fourth-order valence-corrected chi connectivity index (χ4v) is 4.25. The SMILES string of the molecule is CC(=Nc1c(C(C)(C)C)cccc1C(C)(C)C)C(C)=Nc1c(C(C)(C)C)cccc1C(C)(C)C. The zero-order valence-electron chi connectivity index (χ0n) is 24.4. The molecule has 2 aromatic rings. The second-order valence-corrected chi connectivity index (χ2v) is 13.8. The van der Waals surface area contributed by atoms with E-state index in [4.69, 9.17) is 9.98 Å². The Morgan fingerprint density at radius 2 is 0.647 bits per heavy atom. The Kier molecular flexibility index (Phi) is 7.78. The predicted octanol–water partition coefficient (Wildman–Crippen LogP) is 9.76. The molecule has 0 saturated carbocycles. The fraction of sp³-hybridized carbons (Fsp3) is 0.562. The minimum absolute atomic E-state index is 0.00363. The van der Waals surface area contributed by atoms with Crippen molar-refractivity contribution in [3.05, 3.63) is 58.7 Å². The standard InChI is InChI=1S/C32H48N2/c1-21(33-27-23(29(3,4)5)17-15-18-24(27)30(6,7)8)22(2)34-28-25(31(9,10)11)19-16-20-26(28)32(12,13)14/h15-20H,1-14H3. The van der Waals surface area contributed by atoms with Crippen LogP contribution in [0.4, 0.5) is 11.4 Å². The average Bonchev–Trinajstić information content (AvgIpc) is 2.64. The minimum Gasteiger partial charge on any atom is -0.251 e. The first kappa shape index (κ1) is 28.0. The molecule has 2 heteroatoms. The highest BCUT2D eigenvalue weighted by atomic mass is 14.8. The molecule has 0 atom stereocenters. The van der Waals surface area contributed by atoms with E-state index in [-0.39, 0.29) is 21.7 Å². The summed E-state index contributed by atoms with van der Waals surface area (Å²) in [5, 5.41) is 0. The van der Waals surface area contributed by atoms with Crippen LogP contribution < -0.4 is 0 Å². The minimum atomic E-state index is 0.00363. The molecule has 0 saturated heterocycles. The molecule has 2 aromatic carbocycles. The van der Waals surface area contributed by atoms with E-state index in [2.05, 4.69) is 133 Å². The predicted molar refractivity (Wildman–Crippen MR) is 153 cm³/mol. The van der Waals surface area contributed by atoms with E-state index in [1.165, 1.54) is 22.3 Å². The molecule has 0 spiro atoms. The van der Waals surface area contributed by atoms with Crippen molar-refractivity contribution < 1.29 is 0 Å². The second kappa shape index (κ2) is 9.44. The number of aliphatic imine (C=N–C) groups is 2. The zero-order chi connectivity index (χ0) is 26.3. The van der Waals surface area contributed by atoms with Crippen molar-refractivity contribution in [2.24, 2.45) is 9.98 Å². The maximum absolute atomic E-state index is 5.26. The number of rotatable bonds is 3. The van der Waals surface area contributed by atoms with Gasteiger partial charge >= 0.3 is 0 Å². The molecule has 0 aliphatic carbocycles. The van der Waals surface area contributed by atoms with Gasteiger partial charge in [0.25, 0.3) is 0 Å². The van der Waals surface area contributed by atoms with Crippen molar-refractivity contribution in [2.45, 2.75) is 119 Å². The summed E-state index contributed by atoms with van der Waals surface area (Å²) >= 11 is 0. The Morgan fingerprint density at radius 3 is 0.824 bits per heavy atom. The van der Waals surface area contributed by atoms with Crippen LogP contribution in [0.2, 0.25) is 0 Å². The van der Waals surface area contributed by atoms with E-state index in [9.17, 15) is 0 Å². The van der Waals surface area contributed by atoms with E-state index in [1.54, 1.807) is 0 Å². The molecule has 0 aliphatic rings. The van der Waals surface area contributed by atoms with E-state index in [1.807, 2.05) is 0 Å². The van der Waals surface area contributed by atoms with E-state index in [0.29, 0.717) is 0 Å². The van der Waals surface area contributed by atoms with E-state index >= 15 is 0 Å². The van der Waals surface area contributed by atoms with E-state index < -0.39 is 0 Å². The van der Waals surface area contributed by atoms with Gasteiger partial charge in [-0.25, -0.2) is 0 Å². The molecule has 0 unspecified atom stereocenters. The van der Waals surface area contributed by atoms with Crippen LogP contribution in [-0.4, -0.2) is 11.4 Å². The molecule has 0 fully saturated rings. The van der Waals surface area contributed by atoms with Gasteiger partial charge in [-0.1, -0.05) is 119 Å². The van der Waals surface area contributed by atoms with Gasteiger partial charge in [0.15, 0.2) is 0 Å². The number of nitrogens with zero attached hydrogens (tertiary/aromatic N) is 2. The molecule has 2 nitrogen and oxygen atoms in total. The molecule has 0 heterocycles. The van der Waals surface area contributed by atoms with Crippen molar-refractivity contribution >= 4 is 22.8 Å². The second-order valence-electron chi connectivity index (χ2n) is 13.8. The largest absolute Gasteiger partial charge is 0.251 e. The monoisotopic (exact) mass is 460 g/mol. The lowest BCUT2D eigenvalue weighted by molar-refractivity contribution is 0.570. The van der Waals surface area contributed by atoms with Crippen LogP contribution >= 0.6 is 0 Å². The highest BCUT2D eigenvalue weighted by molar-refractivity contribution is 6.41. The first-order chi connectivity index (χ1) is 15.2.